The van der Waals surface area contributed by atoms with Crippen LogP contribution in [0.5, 0.6) is 11.5 Å². The minimum Gasteiger partial charge on any atom is -0.455 e. The molecule has 0 unspecified atom stereocenters. The number of halogens is 3. The summed E-state index contributed by atoms with van der Waals surface area (Å²) in [6.07, 6.45) is 0. The highest BCUT2D eigenvalue weighted by Gasteiger charge is 2.13. The lowest BCUT2D eigenvalue weighted by Gasteiger charge is -2.12. The molecule has 2 aromatic rings. The molecule has 0 atom stereocenters. The number of nitrogens with two attached hydrogens (primary N) is 1. The summed E-state index contributed by atoms with van der Waals surface area (Å²) in [5.74, 6) is 0.647. The molecular formula is C13H8Br2FNOS. The van der Waals surface area contributed by atoms with Crippen molar-refractivity contribution in [1.82, 2.24) is 0 Å². The molecule has 0 aliphatic carbocycles. The molecule has 0 spiro atoms. The van der Waals surface area contributed by atoms with Crippen LogP contribution in [0.3, 0.4) is 0 Å². The fourth-order valence-corrected chi connectivity index (χ4v) is 2.84. The van der Waals surface area contributed by atoms with Crippen LogP contribution in [-0.4, -0.2) is 4.99 Å². The zero-order chi connectivity index (χ0) is 14.0. The first kappa shape index (κ1) is 14.4. The maximum atomic E-state index is 13.0. The number of thiocarbonyl (C=S) groups is 1. The lowest BCUT2D eigenvalue weighted by Crippen LogP contribution is -2.11. The molecule has 0 amide bonds. The second-order valence-electron chi connectivity index (χ2n) is 3.65. The lowest BCUT2D eigenvalue weighted by atomic mass is 10.2. The van der Waals surface area contributed by atoms with Gasteiger partial charge in [0.2, 0.25) is 0 Å². The Kier molecular flexibility index (Phi) is 4.54. The molecule has 0 aromatic heterocycles. The number of benzene rings is 2. The van der Waals surface area contributed by atoms with E-state index in [4.69, 9.17) is 22.7 Å². The van der Waals surface area contributed by atoms with Gasteiger partial charge >= 0.3 is 0 Å². The van der Waals surface area contributed by atoms with E-state index in [1.165, 1.54) is 18.2 Å². The Labute approximate surface area is 132 Å². The van der Waals surface area contributed by atoms with Gasteiger partial charge in [-0.2, -0.15) is 0 Å². The van der Waals surface area contributed by atoms with Crippen LogP contribution < -0.4 is 10.5 Å². The van der Waals surface area contributed by atoms with Gasteiger partial charge in [-0.05, 0) is 62.2 Å². The van der Waals surface area contributed by atoms with Gasteiger partial charge in [-0.25, -0.2) is 4.39 Å². The Morgan fingerprint density at radius 2 is 1.84 bits per heavy atom. The average Bonchev–Trinajstić information content (AvgIpc) is 2.32. The highest BCUT2D eigenvalue weighted by molar-refractivity contribution is 9.10. The smallest absolute Gasteiger partial charge is 0.141 e. The summed E-state index contributed by atoms with van der Waals surface area (Å²) in [4.78, 5) is 0.223. The Hall–Kier alpha value is -0.980. The van der Waals surface area contributed by atoms with Crippen LogP contribution in [0.15, 0.2) is 45.3 Å². The molecule has 0 saturated heterocycles. The quantitative estimate of drug-likeness (QED) is 0.747. The van der Waals surface area contributed by atoms with Gasteiger partial charge < -0.3 is 10.5 Å². The average molecular weight is 405 g/mol. The Balaban J connectivity index is 2.44. The molecule has 2 aromatic carbocycles. The van der Waals surface area contributed by atoms with Crippen molar-refractivity contribution in [2.45, 2.75) is 0 Å². The summed E-state index contributed by atoms with van der Waals surface area (Å²) in [5, 5.41) is 0. The van der Waals surface area contributed by atoms with Gasteiger partial charge in [0.1, 0.15) is 22.3 Å². The summed E-state index contributed by atoms with van der Waals surface area (Å²) in [6.45, 7) is 0. The molecule has 0 aliphatic rings. The van der Waals surface area contributed by atoms with Gasteiger partial charge in [0, 0.05) is 4.47 Å². The lowest BCUT2D eigenvalue weighted by molar-refractivity contribution is 0.476. The molecule has 0 fully saturated rings. The number of hydrogen-bond donors (Lipinski definition) is 1. The molecule has 6 heteroatoms. The van der Waals surface area contributed by atoms with E-state index < -0.39 is 0 Å². The predicted molar refractivity (Wildman–Crippen MR) is 84.2 cm³/mol. The summed E-state index contributed by atoms with van der Waals surface area (Å²) < 4.78 is 20.0. The van der Waals surface area contributed by atoms with Crippen LogP contribution in [0, 0.1) is 5.82 Å². The third-order valence-corrected chi connectivity index (χ3v) is 3.82. The van der Waals surface area contributed by atoms with Crippen LogP contribution in [-0.2, 0) is 0 Å². The number of hydrogen-bond acceptors (Lipinski definition) is 2. The standard InChI is InChI=1S/C13H8Br2FNOS/c14-8-2-1-3-11(12(8)13(17)19)18-10-5-4-7(16)6-9(10)15/h1-6H,(H2,17,19). The minimum atomic E-state index is -0.344. The van der Waals surface area contributed by atoms with Crippen molar-refractivity contribution < 1.29 is 9.13 Å². The fraction of sp³-hybridized carbons (Fsp3) is 0. The van der Waals surface area contributed by atoms with Gasteiger partial charge in [-0.15, -0.1) is 0 Å². The zero-order valence-electron chi connectivity index (χ0n) is 9.49. The molecule has 0 radical (unpaired) electrons. The van der Waals surface area contributed by atoms with Crippen molar-refractivity contribution in [2.75, 3.05) is 0 Å². The van der Waals surface area contributed by atoms with Gasteiger partial charge in [-0.1, -0.05) is 18.3 Å². The fourth-order valence-electron chi connectivity index (χ4n) is 1.50. The number of rotatable bonds is 3. The molecule has 0 aliphatic heterocycles. The summed E-state index contributed by atoms with van der Waals surface area (Å²) in [5.41, 5.74) is 6.29. The second-order valence-corrected chi connectivity index (χ2v) is 5.80. The van der Waals surface area contributed by atoms with E-state index in [-0.39, 0.29) is 10.8 Å². The first-order chi connectivity index (χ1) is 8.99. The Morgan fingerprint density at radius 1 is 1.11 bits per heavy atom. The second kappa shape index (κ2) is 5.98. The van der Waals surface area contributed by atoms with Gasteiger partial charge in [0.15, 0.2) is 0 Å². The van der Waals surface area contributed by atoms with E-state index in [0.29, 0.717) is 21.5 Å². The van der Waals surface area contributed by atoms with Gasteiger partial charge in [0.05, 0.1) is 10.0 Å². The van der Waals surface area contributed by atoms with Crippen molar-refractivity contribution in [3.05, 3.63) is 56.7 Å². The Bertz CT molecular complexity index is 649. The molecule has 2 N–H and O–H groups in total. The van der Waals surface area contributed by atoms with Crippen molar-refractivity contribution >= 4 is 49.1 Å². The first-order valence-electron chi connectivity index (χ1n) is 5.20. The molecule has 0 saturated carbocycles. The summed E-state index contributed by atoms with van der Waals surface area (Å²) >= 11 is 11.6. The monoisotopic (exact) mass is 403 g/mol. The van der Waals surface area contributed by atoms with E-state index in [1.807, 2.05) is 6.07 Å². The number of ether oxygens (including phenoxy) is 1. The van der Waals surface area contributed by atoms with E-state index in [0.717, 1.165) is 4.47 Å². The third kappa shape index (κ3) is 3.32. The minimum absolute atomic E-state index is 0.223. The van der Waals surface area contributed by atoms with E-state index in [9.17, 15) is 4.39 Å². The largest absolute Gasteiger partial charge is 0.455 e. The van der Waals surface area contributed by atoms with Crippen LogP contribution in [0.25, 0.3) is 0 Å². The first-order valence-corrected chi connectivity index (χ1v) is 7.19. The van der Waals surface area contributed by atoms with Gasteiger partial charge in [0.25, 0.3) is 0 Å². The summed E-state index contributed by atoms with van der Waals surface area (Å²) in [6, 6.07) is 9.55. The van der Waals surface area contributed by atoms with Crippen molar-refractivity contribution in [3.8, 4) is 11.5 Å². The van der Waals surface area contributed by atoms with Crippen molar-refractivity contribution in [1.29, 1.82) is 0 Å². The maximum absolute atomic E-state index is 13.0. The molecule has 0 bridgehead atoms. The molecule has 2 rings (SSSR count). The van der Waals surface area contributed by atoms with E-state index >= 15 is 0 Å². The molecule has 0 heterocycles. The molecule has 2 nitrogen and oxygen atoms in total. The molecule has 98 valence electrons. The maximum Gasteiger partial charge on any atom is 0.141 e. The van der Waals surface area contributed by atoms with Crippen LogP contribution in [0.4, 0.5) is 4.39 Å². The SMILES string of the molecule is NC(=S)c1c(Br)cccc1Oc1ccc(F)cc1Br. The molecular weight excluding hydrogens is 397 g/mol. The summed E-state index contributed by atoms with van der Waals surface area (Å²) in [7, 11) is 0. The van der Waals surface area contributed by atoms with Crippen LogP contribution >= 0.6 is 44.1 Å². The van der Waals surface area contributed by atoms with Gasteiger partial charge in [-0.3, -0.25) is 0 Å². The van der Waals surface area contributed by atoms with Crippen LogP contribution in [0.2, 0.25) is 0 Å². The van der Waals surface area contributed by atoms with E-state index in [2.05, 4.69) is 31.9 Å². The van der Waals surface area contributed by atoms with E-state index in [1.54, 1.807) is 12.1 Å². The third-order valence-electron chi connectivity index (χ3n) is 2.34. The van der Waals surface area contributed by atoms with Crippen molar-refractivity contribution in [2.24, 2.45) is 5.73 Å². The Morgan fingerprint density at radius 3 is 2.47 bits per heavy atom. The van der Waals surface area contributed by atoms with Crippen LogP contribution in [0.1, 0.15) is 5.56 Å². The normalized spacial score (nSPS) is 10.3. The topological polar surface area (TPSA) is 35.2 Å². The van der Waals surface area contributed by atoms with Crippen molar-refractivity contribution in [3.63, 3.8) is 0 Å². The molecule has 19 heavy (non-hydrogen) atoms. The zero-order valence-corrected chi connectivity index (χ0v) is 13.5. The highest BCUT2D eigenvalue weighted by Crippen LogP contribution is 2.34. The predicted octanol–water partition coefficient (Wildman–Crippen LogP) is 4.78. The highest BCUT2D eigenvalue weighted by atomic mass is 79.9.